The maximum absolute atomic E-state index is 14.5. The van der Waals surface area contributed by atoms with Crippen molar-refractivity contribution in [3.8, 4) is 0 Å². The van der Waals surface area contributed by atoms with Crippen molar-refractivity contribution >= 4 is 23.7 Å². The van der Waals surface area contributed by atoms with Crippen LogP contribution in [-0.4, -0.2) is 94.2 Å². The Labute approximate surface area is 250 Å². The number of ether oxygens (including phenoxy) is 2. The number of allylic oxidation sites excluding steroid dienone is 1. The second-order valence-corrected chi connectivity index (χ2v) is 12.2. The van der Waals surface area contributed by atoms with Gasteiger partial charge in [0.25, 0.3) is 0 Å². The lowest BCUT2D eigenvalue weighted by molar-refractivity contribution is -0.160. The summed E-state index contributed by atoms with van der Waals surface area (Å²) in [4.78, 5) is 57.8. The van der Waals surface area contributed by atoms with Gasteiger partial charge in [-0.15, -0.1) is 13.2 Å². The van der Waals surface area contributed by atoms with E-state index in [0.717, 1.165) is 12.8 Å². The van der Waals surface area contributed by atoms with E-state index in [-0.39, 0.29) is 42.8 Å². The fourth-order valence-electron chi connectivity index (χ4n) is 7.06. The average Bonchev–Trinajstić information content (AvgIpc) is 3.61. The van der Waals surface area contributed by atoms with Crippen molar-refractivity contribution in [3.05, 3.63) is 25.3 Å². The van der Waals surface area contributed by atoms with Gasteiger partial charge in [-0.3, -0.25) is 19.2 Å². The zero-order chi connectivity index (χ0) is 31.2. The number of amides is 3. The number of esters is 1. The molecule has 1 spiro atoms. The second-order valence-electron chi connectivity index (χ2n) is 12.2. The normalized spacial score (nSPS) is 28.9. The molecule has 0 saturated carbocycles. The Bertz CT molecular complexity index is 1020. The monoisotopic (exact) mass is 589 g/mol. The van der Waals surface area contributed by atoms with Gasteiger partial charge in [-0.1, -0.05) is 45.8 Å². The SMILES string of the molecule is C=CCCC(=O)NC[C@@H](C)OC(=O)[C@@H]1[C@@H]2CC[C@]3(O2)[C@H](C(=O)N(CC=C)C(C)CCC)N([C@@H](CO)[C@@H](C)CC)C(=O)[C@@H]13. The molecule has 3 heterocycles. The van der Waals surface area contributed by atoms with Crippen LogP contribution in [0.15, 0.2) is 25.3 Å². The molecule has 9 atom stereocenters. The molecule has 10 nitrogen and oxygen atoms in total. The number of aliphatic hydroxyl groups is 1. The predicted molar refractivity (Wildman–Crippen MR) is 159 cm³/mol. The highest BCUT2D eigenvalue weighted by Crippen LogP contribution is 2.59. The summed E-state index contributed by atoms with van der Waals surface area (Å²) in [5.41, 5.74) is -1.18. The van der Waals surface area contributed by atoms with Crippen molar-refractivity contribution in [2.75, 3.05) is 19.7 Å². The van der Waals surface area contributed by atoms with E-state index in [1.54, 1.807) is 28.9 Å². The number of fused-ring (bicyclic) bond motifs is 1. The largest absolute Gasteiger partial charge is 0.460 e. The number of carbonyl (C=O) groups is 4. The first kappa shape index (κ1) is 33.8. The molecule has 3 saturated heterocycles. The molecule has 3 amide bonds. The molecule has 42 heavy (non-hydrogen) atoms. The first-order chi connectivity index (χ1) is 20.0. The highest BCUT2D eigenvalue weighted by Gasteiger charge is 2.76. The van der Waals surface area contributed by atoms with E-state index in [1.165, 1.54) is 0 Å². The van der Waals surface area contributed by atoms with Gasteiger partial charge in [0.2, 0.25) is 17.7 Å². The molecule has 2 bridgehead atoms. The highest BCUT2D eigenvalue weighted by atomic mass is 16.6. The Morgan fingerprint density at radius 1 is 1.24 bits per heavy atom. The lowest BCUT2D eigenvalue weighted by atomic mass is 9.70. The van der Waals surface area contributed by atoms with Gasteiger partial charge >= 0.3 is 5.97 Å². The zero-order valence-electron chi connectivity index (χ0n) is 26.0. The van der Waals surface area contributed by atoms with E-state index < -0.39 is 47.7 Å². The molecule has 2 N–H and O–H groups in total. The second kappa shape index (κ2) is 14.6. The van der Waals surface area contributed by atoms with Crippen LogP contribution >= 0.6 is 0 Å². The molecule has 3 aliphatic rings. The number of hydrogen-bond donors (Lipinski definition) is 2. The maximum atomic E-state index is 14.5. The summed E-state index contributed by atoms with van der Waals surface area (Å²) >= 11 is 0. The Kier molecular flexibility index (Phi) is 11.8. The number of nitrogens with zero attached hydrogens (tertiary/aromatic N) is 2. The van der Waals surface area contributed by atoms with Crippen molar-refractivity contribution < 1.29 is 33.8 Å². The average molecular weight is 590 g/mol. The van der Waals surface area contributed by atoms with Gasteiger partial charge in [-0.05, 0) is 45.4 Å². The number of carbonyl (C=O) groups excluding carboxylic acids is 4. The molecular formula is C32H51N3O7. The van der Waals surface area contributed by atoms with Gasteiger partial charge in [0, 0.05) is 19.0 Å². The van der Waals surface area contributed by atoms with E-state index in [9.17, 15) is 24.3 Å². The van der Waals surface area contributed by atoms with Gasteiger partial charge in [0.1, 0.15) is 17.7 Å². The van der Waals surface area contributed by atoms with Gasteiger partial charge in [-0.2, -0.15) is 0 Å². The third-order valence-corrected chi connectivity index (χ3v) is 9.42. The highest BCUT2D eigenvalue weighted by molar-refractivity contribution is 5.98. The minimum Gasteiger partial charge on any atom is -0.460 e. The summed E-state index contributed by atoms with van der Waals surface area (Å²) in [7, 11) is 0. The Hall–Kier alpha value is -2.72. The number of aliphatic hydroxyl groups excluding tert-OH is 1. The first-order valence-corrected chi connectivity index (χ1v) is 15.6. The number of nitrogens with one attached hydrogen (secondary N) is 1. The molecule has 3 rings (SSSR count). The number of hydrogen-bond acceptors (Lipinski definition) is 7. The van der Waals surface area contributed by atoms with Crippen molar-refractivity contribution in [2.24, 2.45) is 17.8 Å². The molecule has 0 aliphatic carbocycles. The first-order valence-electron chi connectivity index (χ1n) is 15.6. The van der Waals surface area contributed by atoms with E-state index in [1.807, 2.05) is 20.8 Å². The smallest absolute Gasteiger partial charge is 0.312 e. The van der Waals surface area contributed by atoms with Crippen molar-refractivity contribution in [2.45, 2.75) is 115 Å². The summed E-state index contributed by atoms with van der Waals surface area (Å²) in [6.45, 7) is 17.3. The molecule has 3 aliphatic heterocycles. The molecule has 3 fully saturated rings. The van der Waals surface area contributed by atoms with E-state index >= 15 is 0 Å². The van der Waals surface area contributed by atoms with Crippen LogP contribution in [0.2, 0.25) is 0 Å². The lowest BCUT2D eigenvalue weighted by Gasteiger charge is -2.42. The summed E-state index contributed by atoms with van der Waals surface area (Å²) < 4.78 is 12.3. The lowest BCUT2D eigenvalue weighted by Crippen LogP contribution is -2.60. The van der Waals surface area contributed by atoms with Crippen LogP contribution in [0.5, 0.6) is 0 Å². The maximum Gasteiger partial charge on any atom is 0.312 e. The van der Waals surface area contributed by atoms with Crippen LogP contribution in [0.3, 0.4) is 0 Å². The minimum absolute atomic E-state index is 0.0854. The molecule has 0 aromatic rings. The third kappa shape index (κ3) is 6.44. The molecule has 0 aromatic heterocycles. The van der Waals surface area contributed by atoms with Gasteiger partial charge in [-0.25, -0.2) is 0 Å². The van der Waals surface area contributed by atoms with Gasteiger partial charge in [0.05, 0.1) is 37.1 Å². The van der Waals surface area contributed by atoms with Crippen LogP contribution in [-0.2, 0) is 28.7 Å². The van der Waals surface area contributed by atoms with E-state index in [2.05, 4.69) is 25.4 Å². The summed E-state index contributed by atoms with van der Waals surface area (Å²) in [5, 5.41) is 13.3. The van der Waals surface area contributed by atoms with Crippen LogP contribution < -0.4 is 5.32 Å². The topological polar surface area (TPSA) is 125 Å². The minimum atomic E-state index is -1.18. The van der Waals surface area contributed by atoms with Gasteiger partial charge in [0.15, 0.2) is 0 Å². The number of rotatable bonds is 17. The standard InChI is InChI=1S/C32H51N3O7/c1-8-12-14-25(37)33-18-22(7)41-31(40)26-24-15-16-32(42-24)27(26)29(38)35(23(19-36)20(5)11-4)28(32)30(39)34(17-10-3)21(6)13-9-2/h8,10,20-24,26-28,36H,1,3,9,11-19H2,2,4-7H3,(H,33,37)/t20-,21?,22+,23-,24-,26+,27+,28-,32+/m0/s1. The van der Waals surface area contributed by atoms with E-state index in [4.69, 9.17) is 9.47 Å². The fraction of sp³-hybridized carbons (Fsp3) is 0.750. The molecule has 1 unspecified atom stereocenters. The third-order valence-electron chi connectivity index (χ3n) is 9.42. The molecule has 236 valence electrons. The Balaban J connectivity index is 1.94. The number of likely N-dealkylation sites (tertiary alicyclic amines) is 1. The summed E-state index contributed by atoms with van der Waals surface area (Å²) in [5.74, 6) is -3.16. The van der Waals surface area contributed by atoms with Crippen molar-refractivity contribution in [1.82, 2.24) is 15.1 Å². The predicted octanol–water partition coefficient (Wildman–Crippen LogP) is 2.99. The van der Waals surface area contributed by atoms with Crippen molar-refractivity contribution in [3.63, 3.8) is 0 Å². The summed E-state index contributed by atoms with van der Waals surface area (Å²) in [6.07, 6.45) is 6.38. The summed E-state index contributed by atoms with van der Waals surface area (Å²) in [6, 6.07) is -1.66. The van der Waals surface area contributed by atoms with Gasteiger partial charge < -0.3 is 29.7 Å². The van der Waals surface area contributed by atoms with Crippen LogP contribution in [0.4, 0.5) is 0 Å². The van der Waals surface area contributed by atoms with Crippen LogP contribution in [0.25, 0.3) is 0 Å². The Morgan fingerprint density at radius 3 is 2.55 bits per heavy atom. The zero-order valence-corrected chi connectivity index (χ0v) is 26.0. The molecule has 0 radical (unpaired) electrons. The van der Waals surface area contributed by atoms with E-state index in [0.29, 0.717) is 38.6 Å². The Morgan fingerprint density at radius 2 is 1.95 bits per heavy atom. The van der Waals surface area contributed by atoms with Crippen molar-refractivity contribution in [1.29, 1.82) is 0 Å². The molecule has 10 heteroatoms. The molecular weight excluding hydrogens is 538 g/mol. The van der Waals surface area contributed by atoms with Crippen LogP contribution in [0.1, 0.15) is 79.6 Å². The van der Waals surface area contributed by atoms with Crippen LogP contribution in [0, 0.1) is 17.8 Å². The quantitative estimate of drug-likeness (QED) is 0.197. The molecule has 0 aromatic carbocycles. The fourth-order valence-corrected chi connectivity index (χ4v) is 7.06.